The molecule has 1 aliphatic heterocycles. The molecule has 0 atom stereocenters. The number of rotatable bonds is 7. The molecule has 33 heavy (non-hydrogen) atoms. The predicted octanol–water partition coefficient (Wildman–Crippen LogP) is 5.45. The maximum Gasteiger partial charge on any atom is 0.282 e. The molecule has 0 spiro atoms. The van der Waals surface area contributed by atoms with Gasteiger partial charge in [-0.25, -0.2) is 4.90 Å². The molecule has 3 aromatic rings. The van der Waals surface area contributed by atoms with Crippen LogP contribution in [0.5, 0.6) is 11.5 Å². The second kappa shape index (κ2) is 9.38. The highest BCUT2D eigenvalue weighted by Gasteiger charge is 2.42. The molecule has 6 nitrogen and oxygen atoms in total. The number of carbonyl (C=O) groups excluding carboxylic acids is 2. The maximum absolute atomic E-state index is 13.7. The van der Waals surface area contributed by atoms with Crippen LogP contribution >= 0.6 is 11.6 Å². The minimum Gasteiger partial charge on any atom is -0.496 e. The number of anilines is 2. The third-order valence-electron chi connectivity index (χ3n) is 5.31. The molecule has 0 unspecified atom stereocenters. The minimum absolute atomic E-state index is 0.144. The van der Waals surface area contributed by atoms with Gasteiger partial charge in [0.25, 0.3) is 11.8 Å². The summed E-state index contributed by atoms with van der Waals surface area (Å²) in [5.41, 5.74) is 2.64. The minimum atomic E-state index is -0.474. The van der Waals surface area contributed by atoms with Crippen molar-refractivity contribution in [3.63, 3.8) is 0 Å². The van der Waals surface area contributed by atoms with E-state index >= 15 is 0 Å². The Hall–Kier alpha value is -3.77. The molecule has 0 saturated heterocycles. The van der Waals surface area contributed by atoms with Crippen LogP contribution in [0.25, 0.3) is 5.57 Å². The molecule has 4 rings (SSSR count). The van der Waals surface area contributed by atoms with Gasteiger partial charge < -0.3 is 14.8 Å². The zero-order valence-electron chi connectivity index (χ0n) is 18.5. The van der Waals surface area contributed by atoms with E-state index in [0.717, 1.165) is 0 Å². The van der Waals surface area contributed by atoms with Gasteiger partial charge in [-0.05, 0) is 55.8 Å². The quantitative estimate of drug-likeness (QED) is 0.473. The van der Waals surface area contributed by atoms with Crippen LogP contribution < -0.4 is 19.7 Å². The molecule has 2 amide bonds. The summed E-state index contributed by atoms with van der Waals surface area (Å²) in [4.78, 5) is 28.6. The first kappa shape index (κ1) is 22.4. The fourth-order valence-corrected chi connectivity index (χ4v) is 4.05. The zero-order chi connectivity index (χ0) is 23.5. The first-order valence-electron chi connectivity index (χ1n) is 10.5. The van der Waals surface area contributed by atoms with Gasteiger partial charge in [-0.2, -0.15) is 0 Å². The van der Waals surface area contributed by atoms with E-state index in [1.807, 2.05) is 25.1 Å². The highest BCUT2D eigenvalue weighted by molar-refractivity contribution is 6.46. The van der Waals surface area contributed by atoms with Crippen molar-refractivity contribution in [2.45, 2.75) is 13.8 Å². The van der Waals surface area contributed by atoms with Gasteiger partial charge in [-0.1, -0.05) is 41.9 Å². The zero-order valence-corrected chi connectivity index (χ0v) is 19.3. The molecule has 0 aliphatic carbocycles. The number of nitrogens with one attached hydrogen (secondary N) is 1. The summed E-state index contributed by atoms with van der Waals surface area (Å²) in [5.74, 6) is 0.137. The lowest BCUT2D eigenvalue weighted by atomic mass is 10.0. The summed E-state index contributed by atoms with van der Waals surface area (Å²) in [5, 5.41) is 3.69. The van der Waals surface area contributed by atoms with E-state index < -0.39 is 11.8 Å². The number of halogens is 1. The second-order valence-corrected chi connectivity index (χ2v) is 7.82. The normalized spacial score (nSPS) is 13.5. The largest absolute Gasteiger partial charge is 0.496 e. The Labute approximate surface area is 197 Å². The van der Waals surface area contributed by atoms with Crippen molar-refractivity contribution >= 4 is 40.4 Å². The number of hydrogen-bond acceptors (Lipinski definition) is 5. The van der Waals surface area contributed by atoms with E-state index in [9.17, 15) is 9.59 Å². The van der Waals surface area contributed by atoms with Crippen LogP contribution in [0.2, 0.25) is 5.02 Å². The molecule has 7 heteroatoms. The molecule has 168 valence electrons. The van der Waals surface area contributed by atoms with Crippen molar-refractivity contribution < 1.29 is 19.1 Å². The van der Waals surface area contributed by atoms with Crippen LogP contribution in [0.4, 0.5) is 11.4 Å². The van der Waals surface area contributed by atoms with E-state index in [2.05, 4.69) is 5.32 Å². The van der Waals surface area contributed by atoms with Crippen LogP contribution in [-0.4, -0.2) is 25.5 Å². The third kappa shape index (κ3) is 4.17. The van der Waals surface area contributed by atoms with Gasteiger partial charge in [-0.3, -0.25) is 9.59 Å². The van der Waals surface area contributed by atoms with Gasteiger partial charge in [0.15, 0.2) is 0 Å². The lowest BCUT2D eigenvalue weighted by Crippen LogP contribution is -2.33. The Kier molecular flexibility index (Phi) is 6.38. The SMILES string of the molecule is CCOc1ccccc1NC1=C(c2ccccc2OC)C(=O)N(c2ccc(Cl)cc2C)C1=O. The lowest BCUT2D eigenvalue weighted by Gasteiger charge is -2.18. The standard InChI is InChI=1S/C26H23ClN2O4/c1-4-33-22-12-8-6-10-19(22)28-24-23(18-9-5-7-11-21(18)32-3)25(30)29(26(24)31)20-14-13-17(27)15-16(20)2/h5-15,28H,4H2,1-3H3. The number of ether oxygens (including phenoxy) is 2. The maximum atomic E-state index is 13.7. The Morgan fingerprint density at radius 3 is 2.33 bits per heavy atom. The fraction of sp³-hybridized carbons (Fsp3) is 0.154. The van der Waals surface area contributed by atoms with Gasteiger partial charge >= 0.3 is 0 Å². The van der Waals surface area contributed by atoms with Crippen LogP contribution in [0.15, 0.2) is 72.4 Å². The summed E-state index contributed by atoms with van der Waals surface area (Å²) >= 11 is 6.10. The molecule has 0 bridgehead atoms. The number of amides is 2. The average Bonchev–Trinajstić information content (AvgIpc) is 3.04. The Balaban J connectivity index is 1.88. The van der Waals surface area contributed by atoms with Crippen LogP contribution in [0.3, 0.4) is 0 Å². The summed E-state index contributed by atoms with van der Waals surface area (Å²) in [6, 6.07) is 19.4. The number of nitrogens with zero attached hydrogens (tertiary/aromatic N) is 1. The number of benzene rings is 3. The smallest absolute Gasteiger partial charge is 0.282 e. The summed E-state index contributed by atoms with van der Waals surface area (Å²) < 4.78 is 11.2. The molecule has 3 aromatic carbocycles. The van der Waals surface area contributed by atoms with Crippen molar-refractivity contribution in [2.75, 3.05) is 23.9 Å². The summed E-state index contributed by atoms with van der Waals surface area (Å²) in [6.07, 6.45) is 0. The van der Waals surface area contributed by atoms with E-state index in [0.29, 0.717) is 45.6 Å². The van der Waals surface area contributed by atoms with Gasteiger partial charge in [0.2, 0.25) is 0 Å². The monoisotopic (exact) mass is 462 g/mol. The number of hydrogen-bond donors (Lipinski definition) is 1. The molecule has 1 aliphatic rings. The first-order valence-corrected chi connectivity index (χ1v) is 10.9. The average molecular weight is 463 g/mol. The third-order valence-corrected chi connectivity index (χ3v) is 5.54. The number of methoxy groups -OCH3 is 1. The Morgan fingerprint density at radius 1 is 0.939 bits per heavy atom. The Bertz CT molecular complexity index is 1270. The topological polar surface area (TPSA) is 67.9 Å². The number of para-hydroxylation sites is 3. The van der Waals surface area contributed by atoms with Crippen molar-refractivity contribution in [2.24, 2.45) is 0 Å². The first-order chi connectivity index (χ1) is 16.0. The van der Waals surface area contributed by atoms with E-state index in [-0.39, 0.29) is 11.3 Å². The van der Waals surface area contributed by atoms with Crippen LogP contribution in [0, 0.1) is 6.92 Å². The summed E-state index contributed by atoms with van der Waals surface area (Å²) in [7, 11) is 1.53. The van der Waals surface area contributed by atoms with Crippen LogP contribution in [0.1, 0.15) is 18.1 Å². The molecule has 0 radical (unpaired) electrons. The lowest BCUT2D eigenvalue weighted by molar-refractivity contribution is -0.120. The molecule has 1 heterocycles. The second-order valence-electron chi connectivity index (χ2n) is 7.38. The van der Waals surface area contributed by atoms with E-state index in [1.54, 1.807) is 55.5 Å². The summed E-state index contributed by atoms with van der Waals surface area (Å²) in [6.45, 7) is 4.14. The highest BCUT2D eigenvalue weighted by atomic mass is 35.5. The van der Waals surface area contributed by atoms with Crippen molar-refractivity contribution in [3.8, 4) is 11.5 Å². The molecule has 0 saturated carbocycles. The highest BCUT2D eigenvalue weighted by Crippen LogP contribution is 2.39. The Morgan fingerprint density at radius 2 is 1.64 bits per heavy atom. The molecular formula is C26H23ClN2O4. The van der Waals surface area contributed by atoms with Gasteiger partial charge in [-0.15, -0.1) is 0 Å². The van der Waals surface area contributed by atoms with Crippen LogP contribution in [-0.2, 0) is 9.59 Å². The number of imide groups is 1. The molecule has 1 N–H and O–H groups in total. The number of carbonyl (C=O) groups is 2. The fourth-order valence-electron chi connectivity index (χ4n) is 3.82. The van der Waals surface area contributed by atoms with Crippen molar-refractivity contribution in [1.29, 1.82) is 0 Å². The predicted molar refractivity (Wildman–Crippen MR) is 130 cm³/mol. The van der Waals surface area contributed by atoms with Crippen molar-refractivity contribution in [1.82, 2.24) is 0 Å². The van der Waals surface area contributed by atoms with E-state index in [1.165, 1.54) is 12.0 Å². The molecular weight excluding hydrogens is 440 g/mol. The van der Waals surface area contributed by atoms with Gasteiger partial charge in [0.1, 0.15) is 17.2 Å². The molecule has 0 aromatic heterocycles. The van der Waals surface area contributed by atoms with Crippen molar-refractivity contribution in [3.05, 3.63) is 88.6 Å². The van der Waals surface area contributed by atoms with Gasteiger partial charge in [0, 0.05) is 10.6 Å². The molecule has 0 fully saturated rings. The van der Waals surface area contributed by atoms with E-state index in [4.69, 9.17) is 21.1 Å². The van der Waals surface area contributed by atoms with Gasteiger partial charge in [0.05, 0.1) is 30.7 Å². The number of aryl methyl sites for hydroxylation is 1.